The lowest BCUT2D eigenvalue weighted by atomic mass is 9.97. The number of benzene rings is 7. The van der Waals surface area contributed by atoms with Crippen molar-refractivity contribution in [3.05, 3.63) is 170 Å². The number of fused-ring (bicyclic) bond motifs is 6. The highest BCUT2D eigenvalue weighted by Crippen LogP contribution is 2.45. The Hall–Kier alpha value is -6.43. The van der Waals surface area contributed by atoms with Crippen molar-refractivity contribution >= 4 is 53.3 Å². The number of thiophene rings is 1. The molecule has 0 aliphatic heterocycles. The minimum absolute atomic E-state index is 0.0639. The van der Waals surface area contributed by atoms with Crippen molar-refractivity contribution in [1.29, 1.82) is 0 Å². The molecule has 4 nitrogen and oxygen atoms in total. The van der Waals surface area contributed by atoms with Crippen LogP contribution in [0.4, 0.5) is 0 Å². The Bertz CT molecular complexity index is 3110. The molecule has 0 aliphatic carbocycles. The van der Waals surface area contributed by atoms with Crippen LogP contribution in [0.2, 0.25) is 0 Å². The van der Waals surface area contributed by atoms with Crippen LogP contribution in [-0.4, -0.2) is 19.5 Å². The van der Waals surface area contributed by atoms with E-state index in [0.717, 1.165) is 32.9 Å². The Balaban J connectivity index is 1.39. The lowest BCUT2D eigenvalue weighted by Gasteiger charge is -2.19. The molecule has 0 aliphatic rings. The summed E-state index contributed by atoms with van der Waals surface area (Å²) in [4.78, 5) is 15.2. The summed E-state index contributed by atoms with van der Waals surface area (Å²) in [6.45, 7) is 0. The van der Waals surface area contributed by atoms with Crippen LogP contribution in [0, 0.1) is 0 Å². The third-order valence-electron chi connectivity index (χ3n) is 9.03. The fraction of sp³-hybridized carbons (Fsp3) is 0. The summed E-state index contributed by atoms with van der Waals surface area (Å²) in [7, 11) is 0. The molecule has 0 fully saturated rings. The minimum atomic E-state index is -0.301. The highest BCUT2D eigenvalue weighted by molar-refractivity contribution is 7.26. The summed E-state index contributed by atoms with van der Waals surface area (Å²) in [5.74, 6) is 1.38. The predicted octanol–water partition coefficient (Wildman–Crippen LogP) is 12.0. The first-order valence-corrected chi connectivity index (χ1v) is 17.0. The zero-order valence-corrected chi connectivity index (χ0v) is 27.2. The second-order valence-electron chi connectivity index (χ2n) is 11.9. The molecule has 3 heterocycles. The Morgan fingerprint density at radius 1 is 0.440 bits per heavy atom. The fourth-order valence-electron chi connectivity index (χ4n) is 6.82. The van der Waals surface area contributed by atoms with Gasteiger partial charge in [0.1, 0.15) is 0 Å². The monoisotopic (exact) mass is 662 g/mol. The first-order chi connectivity index (χ1) is 27.3. The van der Waals surface area contributed by atoms with Crippen LogP contribution in [0.25, 0.3) is 93.0 Å². The average Bonchev–Trinajstić information content (AvgIpc) is 3.80. The largest absolute Gasteiger partial charge is 0.308 e. The molecule has 0 spiro atoms. The number of aromatic nitrogens is 4. The number of nitrogens with zero attached hydrogens (tertiary/aromatic N) is 4. The predicted molar refractivity (Wildman–Crippen MR) is 209 cm³/mol. The minimum Gasteiger partial charge on any atom is -0.308 e. The summed E-state index contributed by atoms with van der Waals surface area (Å²) in [5.41, 5.74) is 5.76. The maximum absolute atomic E-state index is 9.51. The van der Waals surface area contributed by atoms with Gasteiger partial charge in [-0.05, 0) is 24.2 Å². The van der Waals surface area contributed by atoms with Gasteiger partial charge in [0.2, 0.25) is 0 Å². The van der Waals surface area contributed by atoms with Crippen LogP contribution < -0.4 is 0 Å². The second kappa shape index (κ2) is 11.6. The number of rotatable bonds is 5. The molecule has 10 rings (SSSR count). The van der Waals surface area contributed by atoms with E-state index in [2.05, 4.69) is 28.8 Å². The van der Waals surface area contributed by atoms with E-state index < -0.39 is 0 Å². The molecule has 0 saturated heterocycles. The Morgan fingerprint density at radius 2 is 1.02 bits per heavy atom. The lowest BCUT2D eigenvalue weighted by Crippen LogP contribution is -2.05. The highest BCUT2D eigenvalue weighted by Gasteiger charge is 2.23. The van der Waals surface area contributed by atoms with Gasteiger partial charge in [0, 0.05) is 58.8 Å². The van der Waals surface area contributed by atoms with Gasteiger partial charge in [-0.15, -0.1) is 11.3 Å². The van der Waals surface area contributed by atoms with E-state index in [-0.39, 0.29) is 41.6 Å². The van der Waals surface area contributed by atoms with Gasteiger partial charge in [0.15, 0.2) is 17.5 Å². The van der Waals surface area contributed by atoms with Crippen LogP contribution in [0.5, 0.6) is 0 Å². The lowest BCUT2D eigenvalue weighted by molar-refractivity contribution is 1.06. The van der Waals surface area contributed by atoms with Crippen molar-refractivity contribution in [2.24, 2.45) is 0 Å². The van der Waals surface area contributed by atoms with Gasteiger partial charge in [0.25, 0.3) is 0 Å². The molecule has 5 heteroatoms. The third kappa shape index (κ3) is 4.55. The van der Waals surface area contributed by atoms with Crippen LogP contribution >= 0.6 is 11.3 Å². The third-order valence-corrected chi connectivity index (χ3v) is 10.2. The van der Waals surface area contributed by atoms with Crippen molar-refractivity contribution in [3.63, 3.8) is 0 Å². The molecule has 0 saturated carbocycles. The van der Waals surface area contributed by atoms with Crippen molar-refractivity contribution in [1.82, 2.24) is 19.5 Å². The Kier molecular flexibility index (Phi) is 5.35. The fourth-order valence-corrected chi connectivity index (χ4v) is 7.91. The molecule has 234 valence electrons. The van der Waals surface area contributed by atoms with Crippen molar-refractivity contribution < 1.29 is 8.22 Å². The molecule has 3 aromatic heterocycles. The van der Waals surface area contributed by atoms with Crippen LogP contribution in [0.3, 0.4) is 0 Å². The molecular formula is C45H28N4S. The van der Waals surface area contributed by atoms with Gasteiger partial charge in [0.05, 0.1) is 24.9 Å². The van der Waals surface area contributed by atoms with Crippen molar-refractivity contribution in [2.75, 3.05) is 0 Å². The van der Waals surface area contributed by atoms with Crippen LogP contribution in [-0.2, 0) is 0 Å². The normalized spacial score (nSPS) is 13.3. The second-order valence-corrected chi connectivity index (χ2v) is 12.9. The van der Waals surface area contributed by atoms with Gasteiger partial charge in [-0.3, -0.25) is 0 Å². The van der Waals surface area contributed by atoms with E-state index in [4.69, 9.17) is 21.8 Å². The van der Waals surface area contributed by atoms with Gasteiger partial charge in [-0.2, -0.15) is 0 Å². The van der Waals surface area contributed by atoms with Gasteiger partial charge in [-0.25, -0.2) is 15.0 Å². The molecule has 0 atom stereocenters. The van der Waals surface area contributed by atoms with Crippen molar-refractivity contribution in [3.8, 4) is 51.0 Å². The average molecular weight is 663 g/mol. The van der Waals surface area contributed by atoms with Gasteiger partial charge < -0.3 is 4.57 Å². The molecule has 50 heavy (non-hydrogen) atoms. The van der Waals surface area contributed by atoms with E-state index in [0.29, 0.717) is 54.6 Å². The molecular weight excluding hydrogens is 629 g/mol. The standard InChI is InChI=1S/C45H28N4S/c1-3-15-29(16-4-1)43-46-44(30-17-5-2-6-18-30)48-45(47-43)37-25-13-22-34(36-24-14-23-35-33-21-9-12-28-40(33)50-42(35)36)41(37)49-38-26-10-7-19-31(38)32-20-8-11-27-39(32)49/h1-28H/i9D,14D,21D,23D,24D,28D. The quantitative estimate of drug-likeness (QED) is 0.184. The first kappa shape index (κ1) is 23.0. The van der Waals surface area contributed by atoms with E-state index >= 15 is 0 Å². The first-order valence-electron chi connectivity index (χ1n) is 19.2. The van der Waals surface area contributed by atoms with Gasteiger partial charge in [-0.1, -0.05) is 145 Å². The summed E-state index contributed by atoms with van der Waals surface area (Å²) in [6, 6.07) is 42.1. The van der Waals surface area contributed by atoms with Crippen LogP contribution in [0.1, 0.15) is 8.22 Å². The summed E-state index contributed by atoms with van der Waals surface area (Å²) < 4.78 is 56.9. The zero-order valence-electron chi connectivity index (χ0n) is 32.4. The number of hydrogen-bond acceptors (Lipinski definition) is 4. The number of para-hydroxylation sites is 3. The molecule has 7 aromatic carbocycles. The topological polar surface area (TPSA) is 43.6 Å². The Labute approximate surface area is 301 Å². The van der Waals surface area contributed by atoms with E-state index in [9.17, 15) is 1.37 Å². The van der Waals surface area contributed by atoms with Gasteiger partial charge >= 0.3 is 0 Å². The van der Waals surface area contributed by atoms with E-state index in [1.165, 1.54) is 17.4 Å². The smallest absolute Gasteiger partial charge is 0.166 e. The maximum Gasteiger partial charge on any atom is 0.166 e. The zero-order chi connectivity index (χ0) is 38.2. The highest BCUT2D eigenvalue weighted by atomic mass is 32.1. The van der Waals surface area contributed by atoms with Crippen LogP contribution in [0.15, 0.2) is 170 Å². The SMILES string of the molecule is [2H]c1cc([2H])c2sc3c(-c4cccc(-c5nc(-c6ccccc6)nc(-c6ccccc6)n5)c4-n4c5ccccc5c5ccccc54)c([2H])c([2H])c([2H])c3c2c1[2H]. The number of hydrogen-bond donors (Lipinski definition) is 0. The Morgan fingerprint density at radius 3 is 1.70 bits per heavy atom. The maximum atomic E-state index is 9.51. The summed E-state index contributed by atoms with van der Waals surface area (Å²) in [6.07, 6.45) is 0. The summed E-state index contributed by atoms with van der Waals surface area (Å²) >= 11 is 1.22. The molecule has 0 amide bonds. The van der Waals surface area contributed by atoms with E-state index in [1.54, 1.807) is 0 Å². The van der Waals surface area contributed by atoms with Crippen molar-refractivity contribution in [2.45, 2.75) is 0 Å². The van der Waals surface area contributed by atoms with E-state index in [1.807, 2.05) is 103 Å². The molecule has 0 N–H and O–H groups in total. The molecule has 0 radical (unpaired) electrons. The molecule has 0 unspecified atom stereocenters. The molecule has 0 bridgehead atoms. The summed E-state index contributed by atoms with van der Waals surface area (Å²) in [5, 5.41) is 2.63. The molecule has 10 aromatic rings.